The van der Waals surface area contributed by atoms with Crippen molar-refractivity contribution >= 4 is 26.5 Å². The number of sulfonamides is 1. The Morgan fingerprint density at radius 1 is 1.38 bits per heavy atom. The Morgan fingerprint density at radius 3 is 2.86 bits per heavy atom. The predicted molar refractivity (Wildman–Crippen MR) is 86.7 cm³/mol. The summed E-state index contributed by atoms with van der Waals surface area (Å²) in [6, 6.07) is 3.50. The van der Waals surface area contributed by atoms with Crippen molar-refractivity contribution in [3.8, 4) is 0 Å². The molecule has 0 saturated carbocycles. The van der Waals surface area contributed by atoms with Gasteiger partial charge in [-0.25, -0.2) is 13.1 Å². The lowest BCUT2D eigenvalue weighted by molar-refractivity contribution is 0.582. The number of hydrogen-bond donors (Lipinski definition) is 2. The standard InChI is InChI=1S/C14H22N2O3S2/c1-3-20(17)10-9-16-21(18,19)13-7-6-11(2)14-12(13)5-4-8-15-14/h6-7,15-16H,3-5,8-10H2,1-2H3. The monoisotopic (exact) mass is 330 g/mol. The first-order valence-corrected chi connectivity index (χ1v) is 10.1. The molecule has 1 aromatic rings. The number of benzene rings is 1. The van der Waals surface area contributed by atoms with Gasteiger partial charge in [-0.15, -0.1) is 0 Å². The molecule has 2 rings (SSSR count). The first-order valence-electron chi connectivity index (χ1n) is 7.16. The van der Waals surface area contributed by atoms with Crippen molar-refractivity contribution in [3.63, 3.8) is 0 Å². The molecule has 0 amide bonds. The highest BCUT2D eigenvalue weighted by molar-refractivity contribution is 7.89. The van der Waals surface area contributed by atoms with Crippen molar-refractivity contribution in [3.05, 3.63) is 23.3 Å². The van der Waals surface area contributed by atoms with Crippen molar-refractivity contribution in [2.75, 3.05) is 29.9 Å². The third kappa shape index (κ3) is 3.84. The molecule has 1 aliphatic heterocycles. The molecule has 1 heterocycles. The topological polar surface area (TPSA) is 75.3 Å². The molecule has 7 heteroatoms. The molecule has 1 unspecified atom stereocenters. The molecule has 1 aromatic carbocycles. The van der Waals surface area contributed by atoms with E-state index >= 15 is 0 Å². The average molecular weight is 330 g/mol. The van der Waals surface area contributed by atoms with E-state index in [9.17, 15) is 12.6 Å². The number of hydrogen-bond acceptors (Lipinski definition) is 4. The van der Waals surface area contributed by atoms with Crippen LogP contribution in [0.25, 0.3) is 0 Å². The van der Waals surface area contributed by atoms with Crippen molar-refractivity contribution in [2.45, 2.75) is 31.6 Å². The van der Waals surface area contributed by atoms with Crippen LogP contribution in [0.15, 0.2) is 17.0 Å². The second-order valence-electron chi connectivity index (χ2n) is 5.09. The maximum Gasteiger partial charge on any atom is 0.240 e. The summed E-state index contributed by atoms with van der Waals surface area (Å²) >= 11 is 0. The van der Waals surface area contributed by atoms with Gasteiger partial charge in [-0.3, -0.25) is 4.21 Å². The first-order chi connectivity index (χ1) is 9.95. The minimum atomic E-state index is -3.55. The van der Waals surface area contributed by atoms with Gasteiger partial charge in [0, 0.05) is 41.1 Å². The predicted octanol–water partition coefficient (Wildman–Crippen LogP) is 1.40. The van der Waals surface area contributed by atoms with E-state index in [1.165, 1.54) is 0 Å². The molecule has 2 N–H and O–H groups in total. The van der Waals surface area contributed by atoms with E-state index in [2.05, 4.69) is 10.0 Å². The zero-order valence-corrected chi connectivity index (χ0v) is 14.1. The van der Waals surface area contributed by atoms with Gasteiger partial charge in [-0.2, -0.15) is 0 Å². The molecule has 1 aliphatic rings. The van der Waals surface area contributed by atoms with Gasteiger partial charge >= 0.3 is 0 Å². The minimum absolute atomic E-state index is 0.207. The Kier molecular flexibility index (Phi) is 5.40. The van der Waals surface area contributed by atoms with Gasteiger partial charge in [0.25, 0.3) is 0 Å². The highest BCUT2D eigenvalue weighted by Gasteiger charge is 2.23. The lowest BCUT2D eigenvalue weighted by atomic mass is 10.00. The van der Waals surface area contributed by atoms with Gasteiger partial charge < -0.3 is 5.32 Å². The van der Waals surface area contributed by atoms with E-state index < -0.39 is 20.8 Å². The molecule has 0 radical (unpaired) electrons. The van der Waals surface area contributed by atoms with Gasteiger partial charge in [0.2, 0.25) is 10.0 Å². The van der Waals surface area contributed by atoms with Crippen LogP contribution in [0.1, 0.15) is 24.5 Å². The molecule has 0 spiro atoms. The second-order valence-corrected chi connectivity index (χ2v) is 8.70. The van der Waals surface area contributed by atoms with Crippen LogP contribution in [0.4, 0.5) is 5.69 Å². The van der Waals surface area contributed by atoms with E-state index in [1.54, 1.807) is 6.07 Å². The van der Waals surface area contributed by atoms with Crippen LogP contribution >= 0.6 is 0 Å². The van der Waals surface area contributed by atoms with Crippen molar-refractivity contribution in [1.29, 1.82) is 0 Å². The van der Waals surface area contributed by atoms with Crippen LogP contribution in [0.5, 0.6) is 0 Å². The Balaban J connectivity index is 2.22. The van der Waals surface area contributed by atoms with Crippen LogP contribution in [0, 0.1) is 6.92 Å². The summed E-state index contributed by atoms with van der Waals surface area (Å²) in [6.07, 6.45) is 1.69. The van der Waals surface area contributed by atoms with E-state index in [-0.39, 0.29) is 6.54 Å². The molecular formula is C14H22N2O3S2. The fourth-order valence-electron chi connectivity index (χ4n) is 2.48. The number of rotatable bonds is 6. The molecule has 21 heavy (non-hydrogen) atoms. The van der Waals surface area contributed by atoms with Gasteiger partial charge in [-0.1, -0.05) is 13.0 Å². The number of aryl methyl sites for hydroxylation is 1. The van der Waals surface area contributed by atoms with Crippen LogP contribution in [0.3, 0.4) is 0 Å². The van der Waals surface area contributed by atoms with Gasteiger partial charge in [0.1, 0.15) is 0 Å². The minimum Gasteiger partial charge on any atom is -0.385 e. The van der Waals surface area contributed by atoms with Crippen molar-refractivity contribution in [2.24, 2.45) is 0 Å². The van der Waals surface area contributed by atoms with Crippen LogP contribution in [-0.4, -0.2) is 37.2 Å². The Morgan fingerprint density at radius 2 is 2.14 bits per heavy atom. The van der Waals surface area contributed by atoms with Crippen molar-refractivity contribution < 1.29 is 12.6 Å². The van der Waals surface area contributed by atoms with Crippen LogP contribution < -0.4 is 10.0 Å². The molecule has 0 saturated heterocycles. The quantitative estimate of drug-likeness (QED) is 0.827. The highest BCUT2D eigenvalue weighted by atomic mass is 32.2. The molecule has 0 bridgehead atoms. The molecule has 0 fully saturated rings. The third-order valence-electron chi connectivity index (χ3n) is 3.62. The lowest BCUT2D eigenvalue weighted by Crippen LogP contribution is -2.30. The summed E-state index contributed by atoms with van der Waals surface area (Å²) in [4.78, 5) is 0.345. The summed E-state index contributed by atoms with van der Waals surface area (Å²) < 4.78 is 38.8. The zero-order chi connectivity index (χ0) is 15.5. The number of fused-ring (bicyclic) bond motifs is 1. The van der Waals surface area contributed by atoms with E-state index in [0.29, 0.717) is 16.4 Å². The molecule has 1 atom stereocenters. The summed E-state index contributed by atoms with van der Waals surface area (Å²) in [5.74, 6) is 0.896. The Labute approximate surface area is 129 Å². The second kappa shape index (κ2) is 6.89. The molecule has 5 nitrogen and oxygen atoms in total. The summed E-state index contributed by atoms with van der Waals surface area (Å²) in [5.41, 5.74) is 2.88. The normalized spacial score (nSPS) is 16.1. The molecule has 118 valence electrons. The number of anilines is 1. The van der Waals surface area contributed by atoms with Crippen LogP contribution in [-0.2, 0) is 27.2 Å². The Hall–Kier alpha value is -0.920. The fraction of sp³-hybridized carbons (Fsp3) is 0.571. The molecule has 0 aliphatic carbocycles. The largest absolute Gasteiger partial charge is 0.385 e. The van der Waals surface area contributed by atoms with Gasteiger partial charge in [0.05, 0.1) is 4.90 Å². The average Bonchev–Trinajstić information content (AvgIpc) is 2.47. The zero-order valence-electron chi connectivity index (χ0n) is 12.4. The number of nitrogens with one attached hydrogen (secondary N) is 2. The van der Waals surface area contributed by atoms with E-state index in [1.807, 2.05) is 19.9 Å². The SMILES string of the molecule is CCS(=O)CCNS(=O)(=O)c1ccc(C)c2c1CCCN2. The summed E-state index contributed by atoms with van der Waals surface area (Å²) in [7, 11) is -4.51. The lowest BCUT2D eigenvalue weighted by Gasteiger charge is -2.23. The van der Waals surface area contributed by atoms with E-state index in [4.69, 9.17) is 0 Å². The summed E-state index contributed by atoms with van der Waals surface area (Å²) in [6.45, 7) is 4.89. The summed E-state index contributed by atoms with van der Waals surface area (Å²) in [5, 5.41) is 3.29. The third-order valence-corrected chi connectivity index (χ3v) is 6.47. The Bertz CT molecular complexity index is 642. The fourth-order valence-corrected chi connectivity index (χ4v) is 4.53. The molecular weight excluding hydrogens is 308 g/mol. The van der Waals surface area contributed by atoms with Crippen LogP contribution in [0.2, 0.25) is 0 Å². The maximum atomic E-state index is 12.4. The smallest absolute Gasteiger partial charge is 0.240 e. The van der Waals surface area contributed by atoms with E-state index in [0.717, 1.165) is 36.2 Å². The first kappa shape index (κ1) is 16.5. The maximum absolute atomic E-state index is 12.4. The van der Waals surface area contributed by atoms with Crippen molar-refractivity contribution in [1.82, 2.24) is 4.72 Å². The highest BCUT2D eigenvalue weighted by Crippen LogP contribution is 2.31. The van der Waals surface area contributed by atoms with Gasteiger partial charge in [-0.05, 0) is 37.0 Å². The van der Waals surface area contributed by atoms with Gasteiger partial charge in [0.15, 0.2) is 0 Å². The molecule has 0 aromatic heterocycles.